The van der Waals surface area contributed by atoms with E-state index in [4.69, 9.17) is 0 Å². The summed E-state index contributed by atoms with van der Waals surface area (Å²) in [5.74, 6) is -0.304. The predicted octanol–water partition coefficient (Wildman–Crippen LogP) is 4.39. The summed E-state index contributed by atoms with van der Waals surface area (Å²) in [5.41, 5.74) is 2.11. The van der Waals surface area contributed by atoms with Gasteiger partial charge in [0.1, 0.15) is 11.0 Å². The van der Waals surface area contributed by atoms with Crippen molar-refractivity contribution in [3.63, 3.8) is 0 Å². The first-order valence-corrected chi connectivity index (χ1v) is 11.4. The van der Waals surface area contributed by atoms with Crippen molar-refractivity contribution in [2.24, 2.45) is 5.92 Å². The molecule has 6 nitrogen and oxygen atoms in total. The van der Waals surface area contributed by atoms with Gasteiger partial charge in [0, 0.05) is 10.5 Å². The lowest BCUT2D eigenvalue weighted by atomic mass is 10.0. The average molecular weight is 441 g/mol. The van der Waals surface area contributed by atoms with Crippen molar-refractivity contribution >= 4 is 40.0 Å². The number of nitrogens with zero attached hydrogens (tertiary/aromatic N) is 2. The van der Waals surface area contributed by atoms with Gasteiger partial charge in [0.2, 0.25) is 16.9 Å². The molecule has 0 aliphatic rings. The second-order valence-electron chi connectivity index (χ2n) is 7.16. The van der Waals surface area contributed by atoms with Crippen LogP contribution in [0.25, 0.3) is 10.6 Å². The highest BCUT2D eigenvalue weighted by atomic mass is 32.2. The van der Waals surface area contributed by atoms with Gasteiger partial charge in [-0.1, -0.05) is 73.2 Å². The fraction of sp³-hybridized carbons (Fsp3) is 0.273. The number of amides is 2. The Morgan fingerprint density at radius 3 is 2.40 bits per heavy atom. The van der Waals surface area contributed by atoms with Crippen LogP contribution in [0.2, 0.25) is 0 Å². The van der Waals surface area contributed by atoms with Crippen LogP contribution in [-0.4, -0.2) is 33.8 Å². The molecule has 2 amide bonds. The van der Waals surface area contributed by atoms with Gasteiger partial charge in [0.05, 0.1) is 5.75 Å². The number of carbonyl (C=O) groups is 2. The quantitative estimate of drug-likeness (QED) is 0.508. The lowest BCUT2D eigenvalue weighted by Crippen LogP contribution is -2.47. The summed E-state index contributed by atoms with van der Waals surface area (Å²) in [6.45, 7) is 5.81. The van der Waals surface area contributed by atoms with Crippen molar-refractivity contribution in [2.45, 2.75) is 31.7 Å². The van der Waals surface area contributed by atoms with E-state index in [-0.39, 0.29) is 23.5 Å². The molecule has 0 aliphatic heterocycles. The summed E-state index contributed by atoms with van der Waals surface area (Å²) >= 11 is 2.74. The number of aryl methyl sites for hydroxylation is 1. The molecule has 0 bridgehead atoms. The summed E-state index contributed by atoms with van der Waals surface area (Å²) in [4.78, 5) is 26.1. The topological polar surface area (TPSA) is 84.0 Å². The third-order valence-corrected chi connectivity index (χ3v) is 6.23. The number of benzene rings is 2. The number of hydrogen-bond donors (Lipinski definition) is 2. The molecule has 1 heterocycles. The molecule has 1 atom stereocenters. The van der Waals surface area contributed by atoms with Crippen molar-refractivity contribution in [1.29, 1.82) is 0 Å². The molecule has 1 aromatic heterocycles. The molecule has 2 N–H and O–H groups in total. The molecule has 3 aromatic rings. The van der Waals surface area contributed by atoms with Crippen molar-refractivity contribution in [3.05, 3.63) is 60.2 Å². The van der Waals surface area contributed by atoms with Crippen LogP contribution in [0.1, 0.15) is 19.4 Å². The SMILES string of the molecule is Cc1ccc(-c2nnc(NC(=O)C(NC(=O)CSc3ccccc3)C(C)C)s2)cc1. The van der Waals surface area contributed by atoms with Crippen LogP contribution in [0.15, 0.2) is 59.5 Å². The summed E-state index contributed by atoms with van der Waals surface area (Å²) in [5, 5.41) is 15.0. The lowest BCUT2D eigenvalue weighted by molar-refractivity contribution is -0.125. The van der Waals surface area contributed by atoms with Gasteiger partial charge in [-0.2, -0.15) is 0 Å². The standard InChI is InChI=1S/C22H24N4O2S2/c1-14(2)19(23-18(27)13-29-17-7-5-4-6-8-17)20(28)24-22-26-25-21(30-22)16-11-9-15(3)10-12-16/h4-12,14,19H,13H2,1-3H3,(H,23,27)(H,24,26,28). The molecule has 0 saturated heterocycles. The summed E-state index contributed by atoms with van der Waals surface area (Å²) in [6, 6.07) is 17.0. The minimum Gasteiger partial charge on any atom is -0.343 e. The number of nitrogens with one attached hydrogen (secondary N) is 2. The fourth-order valence-electron chi connectivity index (χ4n) is 2.69. The fourth-order valence-corrected chi connectivity index (χ4v) is 4.17. The minimum absolute atomic E-state index is 0.0693. The normalized spacial score (nSPS) is 11.9. The molecule has 3 rings (SSSR count). The van der Waals surface area contributed by atoms with Crippen LogP contribution < -0.4 is 10.6 Å². The Balaban J connectivity index is 1.58. The van der Waals surface area contributed by atoms with E-state index in [1.165, 1.54) is 23.1 Å². The molecular formula is C22H24N4O2S2. The van der Waals surface area contributed by atoms with E-state index in [0.717, 1.165) is 21.0 Å². The van der Waals surface area contributed by atoms with Gasteiger partial charge >= 0.3 is 0 Å². The Bertz CT molecular complexity index is 988. The number of anilines is 1. The van der Waals surface area contributed by atoms with Crippen LogP contribution in [-0.2, 0) is 9.59 Å². The smallest absolute Gasteiger partial charge is 0.249 e. The van der Waals surface area contributed by atoms with Crippen LogP contribution in [0.4, 0.5) is 5.13 Å². The van der Waals surface area contributed by atoms with Gasteiger partial charge in [-0.3, -0.25) is 14.9 Å². The van der Waals surface area contributed by atoms with Crippen LogP contribution in [0.5, 0.6) is 0 Å². The van der Waals surface area contributed by atoms with Gasteiger partial charge in [0.25, 0.3) is 0 Å². The van der Waals surface area contributed by atoms with Gasteiger partial charge in [-0.15, -0.1) is 22.0 Å². The molecule has 1 unspecified atom stereocenters. The van der Waals surface area contributed by atoms with Crippen molar-refractivity contribution in [3.8, 4) is 10.6 Å². The van der Waals surface area contributed by atoms with E-state index in [2.05, 4.69) is 20.8 Å². The monoisotopic (exact) mass is 440 g/mol. The third kappa shape index (κ3) is 6.14. The Kier molecular flexibility index (Phi) is 7.59. The van der Waals surface area contributed by atoms with Crippen molar-refractivity contribution in [2.75, 3.05) is 11.1 Å². The molecule has 30 heavy (non-hydrogen) atoms. The summed E-state index contributed by atoms with van der Waals surface area (Å²) in [6.07, 6.45) is 0. The molecule has 8 heteroatoms. The van der Waals surface area contributed by atoms with Gasteiger partial charge in [-0.25, -0.2) is 0 Å². The first kappa shape index (κ1) is 22.0. The Morgan fingerprint density at radius 1 is 1.03 bits per heavy atom. The molecule has 2 aromatic carbocycles. The summed E-state index contributed by atoms with van der Waals surface area (Å²) in [7, 11) is 0. The molecule has 0 spiro atoms. The summed E-state index contributed by atoms with van der Waals surface area (Å²) < 4.78 is 0. The van der Waals surface area contributed by atoms with Gasteiger partial charge in [0.15, 0.2) is 0 Å². The van der Waals surface area contributed by atoms with E-state index in [9.17, 15) is 9.59 Å². The zero-order valence-corrected chi connectivity index (χ0v) is 18.7. The van der Waals surface area contributed by atoms with E-state index in [1.54, 1.807) is 0 Å². The van der Waals surface area contributed by atoms with Gasteiger partial charge in [-0.05, 0) is 25.0 Å². The highest BCUT2D eigenvalue weighted by Crippen LogP contribution is 2.26. The molecule has 0 saturated carbocycles. The number of rotatable bonds is 8. The maximum atomic E-state index is 12.8. The van der Waals surface area contributed by atoms with E-state index >= 15 is 0 Å². The minimum atomic E-state index is -0.652. The van der Waals surface area contributed by atoms with E-state index in [0.29, 0.717) is 5.13 Å². The molecule has 0 radical (unpaired) electrons. The first-order valence-electron chi connectivity index (χ1n) is 9.61. The zero-order valence-electron chi connectivity index (χ0n) is 17.1. The largest absolute Gasteiger partial charge is 0.343 e. The van der Waals surface area contributed by atoms with Crippen molar-refractivity contribution in [1.82, 2.24) is 15.5 Å². The molecule has 156 valence electrons. The van der Waals surface area contributed by atoms with Crippen LogP contribution in [0, 0.1) is 12.8 Å². The molecule has 0 aliphatic carbocycles. The number of hydrogen-bond acceptors (Lipinski definition) is 6. The maximum absolute atomic E-state index is 12.8. The van der Waals surface area contributed by atoms with Gasteiger partial charge < -0.3 is 5.32 Å². The second-order valence-corrected chi connectivity index (χ2v) is 9.18. The highest BCUT2D eigenvalue weighted by Gasteiger charge is 2.25. The molecule has 0 fully saturated rings. The molecular weight excluding hydrogens is 416 g/mol. The Hall–Kier alpha value is -2.71. The Morgan fingerprint density at radius 2 is 1.73 bits per heavy atom. The van der Waals surface area contributed by atoms with E-state index < -0.39 is 6.04 Å². The van der Waals surface area contributed by atoms with Crippen molar-refractivity contribution < 1.29 is 9.59 Å². The Labute approximate surface area is 184 Å². The predicted molar refractivity (Wildman–Crippen MR) is 123 cm³/mol. The third-order valence-electron chi connectivity index (χ3n) is 4.33. The maximum Gasteiger partial charge on any atom is 0.249 e. The number of aromatic nitrogens is 2. The van der Waals surface area contributed by atoms with E-state index in [1.807, 2.05) is 75.4 Å². The number of thioether (sulfide) groups is 1. The van der Waals surface area contributed by atoms with Crippen LogP contribution in [0.3, 0.4) is 0 Å². The van der Waals surface area contributed by atoms with Crippen LogP contribution >= 0.6 is 23.1 Å². The zero-order chi connectivity index (χ0) is 21.5. The average Bonchev–Trinajstić information content (AvgIpc) is 3.20. The highest BCUT2D eigenvalue weighted by molar-refractivity contribution is 8.00. The first-order chi connectivity index (χ1) is 14.4. The lowest BCUT2D eigenvalue weighted by Gasteiger charge is -2.20. The second kappa shape index (κ2) is 10.4. The number of carbonyl (C=O) groups excluding carboxylic acids is 2.